The van der Waals surface area contributed by atoms with Crippen LogP contribution < -0.4 is 10.1 Å². The standard InChI is InChI=1S/C22H20F2N4O3S/c1-12-9-25-22(32-12)17(10-29)27-21(30)19-13(2)26-20-18(7-4-8-28(19)20)31-11-14-15(23)5-3-6-16(14)24/h3-9,17,29H,10-11H2,1-2H3,(H,27,30)/t17-/m1/s1. The second-order valence-corrected chi connectivity index (χ2v) is 8.38. The van der Waals surface area contributed by atoms with Gasteiger partial charge in [0.1, 0.15) is 35.0 Å². The highest BCUT2D eigenvalue weighted by atomic mass is 32.1. The first-order chi connectivity index (χ1) is 15.4. The van der Waals surface area contributed by atoms with Crippen LogP contribution in [0.2, 0.25) is 0 Å². The predicted molar refractivity (Wildman–Crippen MR) is 115 cm³/mol. The van der Waals surface area contributed by atoms with Crippen molar-refractivity contribution in [1.82, 2.24) is 19.7 Å². The second-order valence-electron chi connectivity index (χ2n) is 7.12. The molecule has 0 aliphatic heterocycles. The molecule has 166 valence electrons. The van der Waals surface area contributed by atoms with Crippen LogP contribution in [0.25, 0.3) is 5.65 Å². The Morgan fingerprint density at radius 2 is 2.00 bits per heavy atom. The highest BCUT2D eigenvalue weighted by molar-refractivity contribution is 7.11. The van der Waals surface area contributed by atoms with E-state index in [4.69, 9.17) is 4.74 Å². The van der Waals surface area contributed by atoms with Crippen LogP contribution in [0.15, 0.2) is 42.7 Å². The lowest BCUT2D eigenvalue weighted by atomic mass is 10.2. The van der Waals surface area contributed by atoms with E-state index in [1.54, 1.807) is 35.9 Å². The van der Waals surface area contributed by atoms with Crippen LogP contribution in [0.3, 0.4) is 0 Å². The lowest BCUT2D eigenvalue weighted by Crippen LogP contribution is -2.32. The van der Waals surface area contributed by atoms with E-state index < -0.39 is 23.6 Å². The number of nitrogens with zero attached hydrogens (tertiary/aromatic N) is 3. The zero-order chi connectivity index (χ0) is 22.8. The molecule has 4 aromatic rings. The zero-order valence-corrected chi connectivity index (χ0v) is 18.1. The van der Waals surface area contributed by atoms with E-state index in [1.807, 2.05) is 6.92 Å². The topological polar surface area (TPSA) is 88.8 Å². The Morgan fingerprint density at radius 1 is 1.25 bits per heavy atom. The third kappa shape index (κ3) is 4.19. The number of carbonyl (C=O) groups is 1. The summed E-state index contributed by atoms with van der Waals surface area (Å²) in [5.74, 6) is -1.58. The summed E-state index contributed by atoms with van der Waals surface area (Å²) in [4.78, 5) is 22.6. The third-order valence-electron chi connectivity index (χ3n) is 4.86. The largest absolute Gasteiger partial charge is 0.485 e. The summed E-state index contributed by atoms with van der Waals surface area (Å²) in [6.45, 7) is 2.92. The fourth-order valence-electron chi connectivity index (χ4n) is 3.31. The maximum atomic E-state index is 13.9. The predicted octanol–water partition coefficient (Wildman–Crippen LogP) is 3.73. The number of benzene rings is 1. The lowest BCUT2D eigenvalue weighted by Gasteiger charge is -2.14. The Labute approximate surface area is 186 Å². The van der Waals surface area contributed by atoms with E-state index in [9.17, 15) is 18.7 Å². The average molecular weight is 458 g/mol. The molecule has 0 radical (unpaired) electrons. The van der Waals surface area contributed by atoms with Crippen molar-refractivity contribution in [3.8, 4) is 5.75 Å². The summed E-state index contributed by atoms with van der Waals surface area (Å²) in [6.07, 6.45) is 3.32. The van der Waals surface area contributed by atoms with Crippen LogP contribution in [-0.4, -0.2) is 32.0 Å². The summed E-state index contributed by atoms with van der Waals surface area (Å²) < 4.78 is 35.0. The summed E-state index contributed by atoms with van der Waals surface area (Å²) in [7, 11) is 0. The Balaban J connectivity index is 1.61. The minimum Gasteiger partial charge on any atom is -0.485 e. The van der Waals surface area contributed by atoms with Crippen molar-refractivity contribution in [2.45, 2.75) is 26.5 Å². The molecule has 10 heteroatoms. The molecule has 1 aromatic carbocycles. The summed E-state index contributed by atoms with van der Waals surface area (Å²) in [6, 6.07) is 6.19. The number of amides is 1. The van der Waals surface area contributed by atoms with Crippen LogP contribution >= 0.6 is 11.3 Å². The van der Waals surface area contributed by atoms with E-state index in [1.165, 1.54) is 17.4 Å². The minimum atomic E-state index is -0.705. The molecule has 1 atom stereocenters. The molecule has 1 amide bonds. The van der Waals surface area contributed by atoms with Crippen LogP contribution in [-0.2, 0) is 6.61 Å². The first kappa shape index (κ1) is 21.8. The van der Waals surface area contributed by atoms with Crippen molar-refractivity contribution in [2.75, 3.05) is 6.61 Å². The number of aliphatic hydroxyl groups excluding tert-OH is 1. The maximum Gasteiger partial charge on any atom is 0.270 e. The molecular formula is C22H20F2N4O3S. The van der Waals surface area contributed by atoms with Gasteiger partial charge in [0.25, 0.3) is 5.91 Å². The number of hydrogen-bond donors (Lipinski definition) is 2. The quantitative estimate of drug-likeness (QED) is 0.441. The summed E-state index contributed by atoms with van der Waals surface area (Å²) in [5, 5.41) is 13.1. The molecule has 7 nitrogen and oxygen atoms in total. The smallest absolute Gasteiger partial charge is 0.270 e. The number of aryl methyl sites for hydroxylation is 2. The fraction of sp³-hybridized carbons (Fsp3) is 0.227. The van der Waals surface area contributed by atoms with Gasteiger partial charge in [-0.2, -0.15) is 0 Å². The van der Waals surface area contributed by atoms with Crippen LogP contribution in [0.5, 0.6) is 5.75 Å². The van der Waals surface area contributed by atoms with Crippen molar-refractivity contribution < 1.29 is 23.4 Å². The number of fused-ring (bicyclic) bond motifs is 1. The summed E-state index contributed by atoms with van der Waals surface area (Å²) in [5.41, 5.74) is 0.828. The molecule has 0 aliphatic rings. The number of aromatic nitrogens is 3. The van der Waals surface area contributed by atoms with Gasteiger partial charge in [-0.25, -0.2) is 18.7 Å². The van der Waals surface area contributed by atoms with Crippen molar-refractivity contribution in [3.05, 3.63) is 81.2 Å². The van der Waals surface area contributed by atoms with Crippen molar-refractivity contribution in [1.29, 1.82) is 0 Å². The Bertz CT molecular complexity index is 1270. The minimum absolute atomic E-state index is 0.194. The number of halogens is 2. The molecule has 0 saturated heterocycles. The first-order valence-corrected chi connectivity index (χ1v) is 10.6. The SMILES string of the molecule is Cc1cnc([C@@H](CO)NC(=O)c2c(C)nc3c(OCc4c(F)cccc4F)cccn23)s1. The van der Waals surface area contributed by atoms with Crippen LogP contribution in [0.4, 0.5) is 8.78 Å². The number of thiazole rings is 1. The van der Waals surface area contributed by atoms with Gasteiger partial charge in [-0.05, 0) is 38.1 Å². The second kappa shape index (κ2) is 9.01. The third-order valence-corrected chi connectivity index (χ3v) is 5.89. The van der Waals surface area contributed by atoms with Crippen LogP contribution in [0.1, 0.15) is 37.7 Å². The van der Waals surface area contributed by atoms with Gasteiger partial charge in [-0.15, -0.1) is 11.3 Å². The van der Waals surface area contributed by atoms with E-state index in [2.05, 4.69) is 15.3 Å². The average Bonchev–Trinajstić information content (AvgIpc) is 3.34. The molecule has 3 heterocycles. The molecule has 2 N–H and O–H groups in total. The molecule has 0 fully saturated rings. The van der Waals surface area contributed by atoms with Gasteiger partial charge in [0.15, 0.2) is 11.4 Å². The number of rotatable bonds is 7. The van der Waals surface area contributed by atoms with E-state index in [0.717, 1.165) is 17.0 Å². The number of aliphatic hydroxyl groups is 1. The number of carbonyl (C=O) groups excluding carboxylic acids is 1. The van der Waals surface area contributed by atoms with Gasteiger partial charge in [-0.3, -0.25) is 9.20 Å². The summed E-state index contributed by atoms with van der Waals surface area (Å²) >= 11 is 1.39. The highest BCUT2D eigenvalue weighted by Gasteiger charge is 2.23. The number of hydrogen-bond acceptors (Lipinski definition) is 6. The highest BCUT2D eigenvalue weighted by Crippen LogP contribution is 2.25. The Hall–Kier alpha value is -3.37. The molecular weight excluding hydrogens is 438 g/mol. The fourth-order valence-corrected chi connectivity index (χ4v) is 4.12. The number of nitrogens with one attached hydrogen (secondary N) is 1. The number of pyridine rings is 1. The van der Waals surface area contributed by atoms with E-state index in [-0.39, 0.29) is 30.2 Å². The van der Waals surface area contributed by atoms with Gasteiger partial charge in [0.2, 0.25) is 0 Å². The normalized spacial score (nSPS) is 12.2. The molecule has 0 aliphatic carbocycles. The maximum absolute atomic E-state index is 13.9. The molecule has 0 unspecified atom stereocenters. The van der Waals surface area contributed by atoms with Gasteiger partial charge < -0.3 is 15.2 Å². The monoisotopic (exact) mass is 458 g/mol. The first-order valence-electron chi connectivity index (χ1n) is 9.76. The van der Waals surface area contributed by atoms with Gasteiger partial charge in [0, 0.05) is 17.3 Å². The zero-order valence-electron chi connectivity index (χ0n) is 17.3. The van der Waals surface area contributed by atoms with Gasteiger partial charge in [-0.1, -0.05) is 6.07 Å². The Morgan fingerprint density at radius 3 is 2.66 bits per heavy atom. The molecule has 32 heavy (non-hydrogen) atoms. The number of imidazole rings is 1. The molecule has 4 rings (SSSR count). The molecule has 3 aromatic heterocycles. The Kier molecular flexibility index (Phi) is 6.15. The lowest BCUT2D eigenvalue weighted by molar-refractivity contribution is 0.0909. The molecule has 0 spiro atoms. The van der Waals surface area contributed by atoms with E-state index >= 15 is 0 Å². The molecule has 0 saturated carbocycles. The van der Waals surface area contributed by atoms with Gasteiger partial charge in [0.05, 0.1) is 17.9 Å². The van der Waals surface area contributed by atoms with Gasteiger partial charge >= 0.3 is 0 Å². The van der Waals surface area contributed by atoms with Crippen LogP contribution in [0, 0.1) is 25.5 Å². The van der Waals surface area contributed by atoms with Crippen molar-refractivity contribution in [3.63, 3.8) is 0 Å². The van der Waals surface area contributed by atoms with Crippen molar-refractivity contribution in [2.24, 2.45) is 0 Å². The van der Waals surface area contributed by atoms with Crippen molar-refractivity contribution >= 4 is 22.9 Å². The van der Waals surface area contributed by atoms with E-state index in [0.29, 0.717) is 16.3 Å². The molecule has 0 bridgehead atoms. The number of ether oxygens (including phenoxy) is 1.